The van der Waals surface area contributed by atoms with E-state index in [2.05, 4.69) is 44.6 Å². The zero-order valence-electron chi connectivity index (χ0n) is 16.1. The largest absolute Gasteiger partial charge is 0.357 e. The highest BCUT2D eigenvalue weighted by atomic mass is 32.1. The van der Waals surface area contributed by atoms with Crippen LogP contribution in [0.3, 0.4) is 0 Å². The van der Waals surface area contributed by atoms with Crippen LogP contribution < -0.4 is 5.32 Å². The van der Waals surface area contributed by atoms with Crippen LogP contribution >= 0.6 is 11.3 Å². The average Bonchev–Trinajstić information content (AvgIpc) is 3.37. The maximum absolute atomic E-state index is 11.0. The molecule has 8 heteroatoms. The molecule has 0 bridgehead atoms. The molecule has 5 rings (SSSR count). The van der Waals surface area contributed by atoms with Crippen LogP contribution in [-0.4, -0.2) is 39.4 Å². The Hall–Kier alpha value is -3.70. The highest BCUT2D eigenvalue weighted by molar-refractivity contribution is 7.10. The van der Waals surface area contributed by atoms with Crippen LogP contribution in [0.15, 0.2) is 35.6 Å². The van der Waals surface area contributed by atoms with Crippen molar-refractivity contribution in [2.75, 3.05) is 18.4 Å². The number of nitrogens with one attached hydrogen (secondary N) is 2. The first kappa shape index (κ1) is 18.3. The van der Waals surface area contributed by atoms with Gasteiger partial charge in [-0.3, -0.25) is 4.79 Å². The normalized spacial score (nSPS) is 15.8. The number of aromatic amines is 1. The molecule has 1 amide bonds. The highest BCUT2D eigenvalue weighted by Gasteiger charge is 2.17. The van der Waals surface area contributed by atoms with E-state index in [-0.39, 0.29) is 0 Å². The van der Waals surface area contributed by atoms with Crippen LogP contribution in [-0.2, 0) is 4.79 Å². The van der Waals surface area contributed by atoms with Gasteiger partial charge in [-0.15, -0.1) is 11.3 Å². The molecule has 4 heterocycles. The van der Waals surface area contributed by atoms with Gasteiger partial charge in [0.05, 0.1) is 27.3 Å². The SMILES string of the molecule is N#Cc1cnc2[nH]c(C3=CCN(C=O)CC3)cc2c1NC1=Cc2scnc2C=CC1. The summed E-state index contributed by atoms with van der Waals surface area (Å²) in [5.41, 5.74) is 7.91. The summed E-state index contributed by atoms with van der Waals surface area (Å²) in [6, 6.07) is 4.30. The Balaban J connectivity index is 1.54. The van der Waals surface area contributed by atoms with Gasteiger partial charge in [0.1, 0.15) is 11.7 Å². The number of allylic oxidation sites excluding steroid dienone is 1. The van der Waals surface area contributed by atoms with Gasteiger partial charge < -0.3 is 15.2 Å². The Labute approximate surface area is 177 Å². The molecule has 0 radical (unpaired) electrons. The Morgan fingerprint density at radius 3 is 3.10 bits per heavy atom. The summed E-state index contributed by atoms with van der Waals surface area (Å²) in [6.07, 6.45) is 12.2. The summed E-state index contributed by atoms with van der Waals surface area (Å²) in [5.74, 6) is 0. The summed E-state index contributed by atoms with van der Waals surface area (Å²) >= 11 is 1.59. The van der Waals surface area contributed by atoms with Crippen LogP contribution in [0.4, 0.5) is 5.69 Å². The second kappa shape index (κ2) is 7.61. The van der Waals surface area contributed by atoms with Crippen LogP contribution in [0.5, 0.6) is 0 Å². The van der Waals surface area contributed by atoms with Crippen molar-refractivity contribution in [3.63, 3.8) is 0 Å². The molecule has 0 spiro atoms. The Bertz CT molecular complexity index is 1270. The molecule has 1 aliphatic heterocycles. The average molecular weight is 414 g/mol. The lowest BCUT2D eigenvalue weighted by Gasteiger charge is -2.21. The number of nitrogens with zero attached hydrogens (tertiary/aromatic N) is 4. The number of rotatable bonds is 4. The van der Waals surface area contributed by atoms with Crippen LogP contribution in [0.2, 0.25) is 0 Å². The molecule has 0 atom stereocenters. The minimum Gasteiger partial charge on any atom is -0.357 e. The number of hydrogen-bond acceptors (Lipinski definition) is 6. The Morgan fingerprint density at radius 2 is 2.30 bits per heavy atom. The first-order valence-corrected chi connectivity index (χ1v) is 10.5. The lowest BCUT2D eigenvalue weighted by atomic mass is 10.0. The van der Waals surface area contributed by atoms with Crippen molar-refractivity contribution in [3.8, 4) is 6.07 Å². The molecule has 2 aliphatic rings. The Kier molecular flexibility index (Phi) is 4.65. The molecule has 0 saturated carbocycles. The molecule has 0 unspecified atom stereocenters. The molecule has 3 aromatic heterocycles. The van der Waals surface area contributed by atoms with E-state index in [9.17, 15) is 10.1 Å². The number of hydrogen-bond donors (Lipinski definition) is 2. The third-order valence-corrected chi connectivity index (χ3v) is 6.13. The maximum Gasteiger partial charge on any atom is 0.209 e. The number of carbonyl (C=O) groups excluding carboxylic acids is 1. The monoisotopic (exact) mass is 414 g/mol. The number of aromatic nitrogens is 3. The molecule has 2 N–H and O–H groups in total. The van der Waals surface area contributed by atoms with Crippen LogP contribution in [0.25, 0.3) is 28.8 Å². The van der Waals surface area contributed by atoms with Gasteiger partial charge in [-0.05, 0) is 30.2 Å². The van der Waals surface area contributed by atoms with Gasteiger partial charge in [0.25, 0.3) is 0 Å². The van der Waals surface area contributed by atoms with Gasteiger partial charge in [-0.1, -0.05) is 12.2 Å². The predicted octanol–water partition coefficient (Wildman–Crippen LogP) is 4.01. The number of amides is 1. The molecule has 1 aliphatic carbocycles. The summed E-state index contributed by atoms with van der Waals surface area (Å²) in [4.78, 5) is 26.0. The van der Waals surface area contributed by atoms with Gasteiger partial charge in [0.15, 0.2) is 0 Å². The Morgan fingerprint density at radius 1 is 1.37 bits per heavy atom. The summed E-state index contributed by atoms with van der Waals surface area (Å²) < 4.78 is 0. The molecular weight excluding hydrogens is 396 g/mol. The van der Waals surface area contributed by atoms with Gasteiger partial charge in [-0.25, -0.2) is 9.97 Å². The minimum atomic E-state index is 0.497. The van der Waals surface area contributed by atoms with E-state index in [0.29, 0.717) is 18.7 Å². The maximum atomic E-state index is 11.0. The number of anilines is 1. The van der Waals surface area contributed by atoms with E-state index in [1.165, 1.54) is 0 Å². The fraction of sp³-hybridized carbons (Fsp3) is 0.182. The zero-order chi connectivity index (χ0) is 20.5. The molecule has 0 aromatic carbocycles. The lowest BCUT2D eigenvalue weighted by molar-refractivity contribution is -0.117. The van der Waals surface area contributed by atoms with Crippen molar-refractivity contribution < 1.29 is 4.79 Å². The number of fused-ring (bicyclic) bond motifs is 2. The molecule has 0 fully saturated rings. The molecule has 148 valence electrons. The smallest absolute Gasteiger partial charge is 0.209 e. The first-order chi connectivity index (χ1) is 14.7. The lowest BCUT2D eigenvalue weighted by Crippen LogP contribution is -2.26. The second-order valence-corrected chi connectivity index (χ2v) is 8.07. The first-order valence-electron chi connectivity index (χ1n) is 9.63. The summed E-state index contributed by atoms with van der Waals surface area (Å²) in [7, 11) is 0. The number of thiazole rings is 1. The number of pyridine rings is 1. The van der Waals surface area contributed by atoms with Crippen molar-refractivity contribution >= 4 is 52.2 Å². The number of nitriles is 1. The fourth-order valence-electron chi connectivity index (χ4n) is 3.75. The standard InChI is InChI=1S/C22H18N6OS/c23-10-15-11-24-22-17(9-19(27-22)14-4-6-28(13-29)7-5-14)21(15)26-16-2-1-3-18-20(8-16)30-12-25-18/h1,3-4,8-9,11-13H,2,5-7H2,(H2,24,26,27). The van der Waals surface area contributed by atoms with Crippen LogP contribution in [0.1, 0.15) is 34.7 Å². The van der Waals surface area contributed by atoms with E-state index in [1.807, 2.05) is 17.7 Å². The molecule has 3 aromatic rings. The van der Waals surface area contributed by atoms with Gasteiger partial charge in [0, 0.05) is 42.5 Å². The van der Waals surface area contributed by atoms with Gasteiger partial charge >= 0.3 is 0 Å². The minimum absolute atomic E-state index is 0.497. The molecule has 0 saturated heterocycles. The van der Waals surface area contributed by atoms with E-state index in [0.717, 1.165) is 63.5 Å². The van der Waals surface area contributed by atoms with Crippen molar-refractivity contribution in [1.82, 2.24) is 19.9 Å². The van der Waals surface area contributed by atoms with Crippen molar-refractivity contribution in [1.29, 1.82) is 5.26 Å². The molecular formula is C22H18N6OS. The van der Waals surface area contributed by atoms with E-state index >= 15 is 0 Å². The van der Waals surface area contributed by atoms with E-state index in [1.54, 1.807) is 22.4 Å². The predicted molar refractivity (Wildman–Crippen MR) is 118 cm³/mol. The quantitative estimate of drug-likeness (QED) is 0.629. The number of carbonyl (C=O) groups is 1. The third-order valence-electron chi connectivity index (χ3n) is 5.34. The van der Waals surface area contributed by atoms with E-state index < -0.39 is 0 Å². The van der Waals surface area contributed by atoms with Crippen molar-refractivity contribution in [2.45, 2.75) is 12.8 Å². The summed E-state index contributed by atoms with van der Waals surface area (Å²) in [5, 5.41) is 14.0. The summed E-state index contributed by atoms with van der Waals surface area (Å²) in [6.45, 7) is 1.30. The molecule has 7 nitrogen and oxygen atoms in total. The third kappa shape index (κ3) is 3.29. The molecule has 30 heavy (non-hydrogen) atoms. The second-order valence-electron chi connectivity index (χ2n) is 7.19. The van der Waals surface area contributed by atoms with Crippen LogP contribution in [0, 0.1) is 11.3 Å². The van der Waals surface area contributed by atoms with E-state index in [4.69, 9.17) is 0 Å². The van der Waals surface area contributed by atoms with Gasteiger partial charge in [0.2, 0.25) is 6.41 Å². The highest BCUT2D eigenvalue weighted by Crippen LogP contribution is 2.33. The topological polar surface area (TPSA) is 97.7 Å². The zero-order valence-corrected chi connectivity index (χ0v) is 16.9. The van der Waals surface area contributed by atoms with Gasteiger partial charge in [-0.2, -0.15) is 5.26 Å². The van der Waals surface area contributed by atoms with Crippen molar-refractivity contribution in [3.05, 3.63) is 57.5 Å². The fourth-order valence-corrected chi connectivity index (χ4v) is 4.48. The number of H-pyrrole nitrogens is 1. The van der Waals surface area contributed by atoms with Crippen molar-refractivity contribution in [2.24, 2.45) is 0 Å².